The van der Waals surface area contributed by atoms with Gasteiger partial charge >= 0.3 is 0 Å². The van der Waals surface area contributed by atoms with Crippen molar-refractivity contribution in [2.24, 2.45) is 5.41 Å². The van der Waals surface area contributed by atoms with Gasteiger partial charge in [-0.3, -0.25) is 4.79 Å². The molecule has 1 aliphatic rings. The van der Waals surface area contributed by atoms with Crippen molar-refractivity contribution in [3.8, 4) is 0 Å². The van der Waals surface area contributed by atoms with Crippen LogP contribution in [0.4, 0.5) is 0 Å². The lowest BCUT2D eigenvalue weighted by Crippen LogP contribution is -2.41. The molecule has 1 atom stereocenters. The molecule has 3 nitrogen and oxygen atoms in total. The molecule has 0 aromatic heterocycles. The summed E-state index contributed by atoms with van der Waals surface area (Å²) in [7, 11) is 1.90. The third kappa shape index (κ3) is 2.21. The van der Waals surface area contributed by atoms with Crippen molar-refractivity contribution in [2.45, 2.75) is 26.7 Å². The van der Waals surface area contributed by atoms with E-state index in [-0.39, 0.29) is 5.41 Å². The zero-order valence-electron chi connectivity index (χ0n) is 8.89. The largest absolute Gasteiger partial charge is 0.345 e. The van der Waals surface area contributed by atoms with Crippen molar-refractivity contribution in [1.82, 2.24) is 10.2 Å². The second-order valence-electron chi connectivity index (χ2n) is 4.21. The topological polar surface area (TPSA) is 32.3 Å². The predicted molar refractivity (Wildman–Crippen MR) is 53.5 cm³/mol. The minimum atomic E-state index is -0.149. The molecule has 0 aliphatic carbocycles. The molecule has 1 rings (SSSR count). The van der Waals surface area contributed by atoms with E-state index >= 15 is 0 Å². The number of carbonyl (C=O) groups excluding carboxylic acids is 1. The number of hydrogen-bond donors (Lipinski definition) is 1. The van der Waals surface area contributed by atoms with Gasteiger partial charge in [-0.15, -0.1) is 0 Å². The zero-order valence-corrected chi connectivity index (χ0v) is 8.89. The van der Waals surface area contributed by atoms with Gasteiger partial charge in [-0.1, -0.05) is 6.92 Å². The molecular formula is C10H20N2O. The van der Waals surface area contributed by atoms with Crippen LogP contribution >= 0.6 is 0 Å². The normalized spacial score (nSPS) is 27.6. The third-order valence-electron chi connectivity index (χ3n) is 2.79. The molecule has 3 heteroatoms. The Kier molecular flexibility index (Phi) is 3.31. The van der Waals surface area contributed by atoms with Gasteiger partial charge < -0.3 is 10.2 Å². The quantitative estimate of drug-likeness (QED) is 0.705. The van der Waals surface area contributed by atoms with Crippen LogP contribution in [0.5, 0.6) is 0 Å². The molecule has 1 aliphatic heterocycles. The lowest BCUT2D eigenvalue weighted by molar-refractivity contribution is -0.138. The Bertz CT molecular complexity index is 185. The molecule has 1 heterocycles. The monoisotopic (exact) mass is 184 g/mol. The maximum Gasteiger partial charge on any atom is 0.229 e. The first kappa shape index (κ1) is 10.5. The number of carbonyl (C=O) groups is 1. The van der Waals surface area contributed by atoms with Crippen LogP contribution in [0.1, 0.15) is 26.7 Å². The van der Waals surface area contributed by atoms with Crippen molar-refractivity contribution < 1.29 is 4.79 Å². The molecule has 1 saturated heterocycles. The van der Waals surface area contributed by atoms with Gasteiger partial charge in [-0.25, -0.2) is 0 Å². The van der Waals surface area contributed by atoms with E-state index in [9.17, 15) is 4.79 Å². The van der Waals surface area contributed by atoms with Gasteiger partial charge in [0.15, 0.2) is 0 Å². The van der Waals surface area contributed by atoms with Crippen LogP contribution in [0.2, 0.25) is 0 Å². The molecule has 1 N–H and O–H groups in total. The smallest absolute Gasteiger partial charge is 0.229 e. The summed E-state index contributed by atoms with van der Waals surface area (Å²) in [5.74, 6) is 0.291. The van der Waals surface area contributed by atoms with E-state index in [1.807, 2.05) is 11.9 Å². The van der Waals surface area contributed by atoms with E-state index in [1.165, 1.54) is 0 Å². The maximum absolute atomic E-state index is 11.9. The highest BCUT2D eigenvalue weighted by atomic mass is 16.2. The Morgan fingerprint density at radius 3 is 2.77 bits per heavy atom. The van der Waals surface area contributed by atoms with Crippen LogP contribution in [0, 0.1) is 5.41 Å². The summed E-state index contributed by atoms with van der Waals surface area (Å²) in [6.45, 7) is 6.83. The molecule has 1 fully saturated rings. The molecule has 0 aromatic carbocycles. The lowest BCUT2D eigenvalue weighted by Gasteiger charge is -2.27. The third-order valence-corrected chi connectivity index (χ3v) is 2.79. The van der Waals surface area contributed by atoms with Gasteiger partial charge in [0.05, 0.1) is 5.41 Å². The van der Waals surface area contributed by atoms with Crippen LogP contribution in [0.3, 0.4) is 0 Å². The fourth-order valence-electron chi connectivity index (χ4n) is 1.90. The molecule has 1 amide bonds. The summed E-state index contributed by atoms with van der Waals surface area (Å²) in [4.78, 5) is 13.8. The zero-order chi connectivity index (χ0) is 9.90. The molecule has 13 heavy (non-hydrogen) atoms. The van der Waals surface area contributed by atoms with Gasteiger partial charge in [-0.05, 0) is 26.3 Å². The number of nitrogens with zero attached hydrogens (tertiary/aromatic N) is 1. The number of nitrogens with one attached hydrogen (secondary N) is 1. The van der Waals surface area contributed by atoms with Crippen LogP contribution in [0.25, 0.3) is 0 Å². The summed E-state index contributed by atoms with van der Waals surface area (Å²) < 4.78 is 0. The molecule has 0 spiro atoms. The Morgan fingerprint density at radius 1 is 1.62 bits per heavy atom. The molecule has 0 aromatic rings. The highest BCUT2D eigenvalue weighted by molar-refractivity contribution is 5.82. The lowest BCUT2D eigenvalue weighted by atomic mass is 9.88. The van der Waals surface area contributed by atoms with E-state index in [0.29, 0.717) is 5.91 Å². The first-order valence-corrected chi connectivity index (χ1v) is 5.06. The van der Waals surface area contributed by atoms with E-state index in [4.69, 9.17) is 0 Å². The van der Waals surface area contributed by atoms with Gasteiger partial charge in [-0.2, -0.15) is 0 Å². The number of rotatable bonds is 3. The Hall–Kier alpha value is -0.570. The van der Waals surface area contributed by atoms with E-state index in [2.05, 4.69) is 19.2 Å². The highest BCUT2D eigenvalue weighted by Gasteiger charge is 2.37. The second kappa shape index (κ2) is 4.09. The fraction of sp³-hybridized carbons (Fsp3) is 0.900. The Morgan fingerprint density at radius 2 is 2.31 bits per heavy atom. The van der Waals surface area contributed by atoms with Crippen molar-refractivity contribution in [1.29, 1.82) is 0 Å². The maximum atomic E-state index is 11.9. The van der Waals surface area contributed by atoms with Gasteiger partial charge in [0.2, 0.25) is 5.91 Å². The summed E-state index contributed by atoms with van der Waals surface area (Å²) in [5.41, 5.74) is -0.149. The van der Waals surface area contributed by atoms with Crippen molar-refractivity contribution >= 4 is 5.91 Å². The molecule has 0 saturated carbocycles. The standard InChI is InChI=1S/C10H20N2O/c1-4-7-12(3)9(13)10(2)5-6-11-8-10/h11H,4-8H2,1-3H3. The predicted octanol–water partition coefficient (Wildman–Crippen LogP) is 0.854. The number of hydrogen-bond acceptors (Lipinski definition) is 2. The SMILES string of the molecule is CCCN(C)C(=O)C1(C)CCNC1. The van der Waals surface area contributed by atoms with Crippen LogP contribution in [-0.2, 0) is 4.79 Å². The molecule has 0 radical (unpaired) electrons. The van der Waals surface area contributed by atoms with E-state index in [1.54, 1.807) is 0 Å². The van der Waals surface area contributed by atoms with Gasteiger partial charge in [0.25, 0.3) is 0 Å². The minimum Gasteiger partial charge on any atom is -0.345 e. The molecule has 0 bridgehead atoms. The average molecular weight is 184 g/mol. The summed E-state index contributed by atoms with van der Waals surface area (Å²) >= 11 is 0. The summed E-state index contributed by atoms with van der Waals surface area (Å²) in [6, 6.07) is 0. The number of amides is 1. The molecular weight excluding hydrogens is 164 g/mol. The van der Waals surface area contributed by atoms with E-state index < -0.39 is 0 Å². The minimum absolute atomic E-state index is 0.149. The summed E-state index contributed by atoms with van der Waals surface area (Å²) in [6.07, 6.45) is 2.01. The average Bonchev–Trinajstić information content (AvgIpc) is 2.52. The Labute approximate surface area is 80.5 Å². The van der Waals surface area contributed by atoms with Crippen LogP contribution in [-0.4, -0.2) is 37.5 Å². The first-order valence-electron chi connectivity index (χ1n) is 5.06. The first-order chi connectivity index (χ1) is 6.10. The second-order valence-corrected chi connectivity index (χ2v) is 4.21. The van der Waals surface area contributed by atoms with Crippen molar-refractivity contribution in [3.05, 3.63) is 0 Å². The van der Waals surface area contributed by atoms with E-state index in [0.717, 1.165) is 32.5 Å². The molecule has 1 unspecified atom stereocenters. The van der Waals surface area contributed by atoms with Crippen LogP contribution in [0.15, 0.2) is 0 Å². The Balaban J connectivity index is 2.54. The van der Waals surface area contributed by atoms with Gasteiger partial charge in [0, 0.05) is 20.1 Å². The summed E-state index contributed by atoms with van der Waals surface area (Å²) in [5, 5.41) is 3.24. The highest BCUT2D eigenvalue weighted by Crippen LogP contribution is 2.26. The fourth-order valence-corrected chi connectivity index (χ4v) is 1.90. The molecule has 76 valence electrons. The van der Waals surface area contributed by atoms with Gasteiger partial charge in [0.1, 0.15) is 0 Å². The van der Waals surface area contributed by atoms with Crippen molar-refractivity contribution in [2.75, 3.05) is 26.7 Å². The van der Waals surface area contributed by atoms with Crippen molar-refractivity contribution in [3.63, 3.8) is 0 Å². The van der Waals surface area contributed by atoms with Crippen LogP contribution < -0.4 is 5.32 Å².